The molecule has 6 heteroatoms. The molecular formula is C9H8ClF3N2. The van der Waals surface area contributed by atoms with Crippen LogP contribution < -0.4 is 5.73 Å². The Morgan fingerprint density at radius 2 is 1.93 bits per heavy atom. The third-order valence-electron chi connectivity index (χ3n) is 1.76. The summed E-state index contributed by atoms with van der Waals surface area (Å²) in [6, 6.07) is 5.00. The predicted molar refractivity (Wildman–Crippen MR) is 51.3 cm³/mol. The number of halogens is 4. The number of rotatable bonds is 1. The van der Waals surface area contributed by atoms with Crippen molar-refractivity contribution in [3.05, 3.63) is 34.9 Å². The Bertz CT molecular complexity index is 382. The Labute approximate surface area is 90.9 Å². The van der Waals surface area contributed by atoms with Gasteiger partial charge in [0.2, 0.25) is 0 Å². The Balaban J connectivity index is 0.00000196. The molecule has 0 amide bonds. The maximum Gasteiger partial charge on any atom is 0.416 e. The zero-order valence-corrected chi connectivity index (χ0v) is 8.32. The molecule has 0 heterocycles. The molecule has 0 aromatic heterocycles. The van der Waals surface area contributed by atoms with Crippen molar-refractivity contribution in [3.8, 4) is 6.07 Å². The van der Waals surface area contributed by atoms with Crippen LogP contribution in [0.25, 0.3) is 0 Å². The van der Waals surface area contributed by atoms with E-state index in [2.05, 4.69) is 0 Å². The van der Waals surface area contributed by atoms with Crippen molar-refractivity contribution in [3.63, 3.8) is 0 Å². The zero-order chi connectivity index (χ0) is 10.8. The van der Waals surface area contributed by atoms with E-state index in [0.29, 0.717) is 0 Å². The standard InChI is InChI=1S/C9H7F3N2.ClH/c10-9(11,12)8-3-6(4-13)1-2-7(8)5-14;/h1-3H,5,14H2;1H. The minimum absolute atomic E-state index is 0. The number of hydrogen-bond donors (Lipinski definition) is 1. The highest BCUT2D eigenvalue weighted by Crippen LogP contribution is 2.32. The number of nitriles is 1. The molecule has 82 valence electrons. The first kappa shape index (κ1) is 13.8. The summed E-state index contributed by atoms with van der Waals surface area (Å²) in [6.45, 7) is -0.194. The van der Waals surface area contributed by atoms with Crippen molar-refractivity contribution in [1.29, 1.82) is 5.26 Å². The molecule has 0 radical (unpaired) electrons. The van der Waals surface area contributed by atoms with Crippen molar-refractivity contribution < 1.29 is 13.2 Å². The van der Waals surface area contributed by atoms with Gasteiger partial charge < -0.3 is 5.73 Å². The van der Waals surface area contributed by atoms with Gasteiger partial charge in [0.1, 0.15) is 0 Å². The van der Waals surface area contributed by atoms with E-state index in [9.17, 15) is 13.2 Å². The third-order valence-corrected chi connectivity index (χ3v) is 1.76. The second kappa shape index (κ2) is 5.01. The average molecular weight is 237 g/mol. The second-order valence-corrected chi connectivity index (χ2v) is 2.69. The molecule has 0 bridgehead atoms. The van der Waals surface area contributed by atoms with E-state index in [4.69, 9.17) is 11.0 Å². The quantitative estimate of drug-likeness (QED) is 0.814. The second-order valence-electron chi connectivity index (χ2n) is 2.69. The molecule has 1 rings (SSSR count). The van der Waals surface area contributed by atoms with Gasteiger partial charge in [-0.3, -0.25) is 0 Å². The van der Waals surface area contributed by atoms with Gasteiger partial charge in [0.25, 0.3) is 0 Å². The third kappa shape index (κ3) is 3.11. The molecule has 1 aromatic carbocycles. The van der Waals surface area contributed by atoms with Crippen molar-refractivity contribution in [2.45, 2.75) is 12.7 Å². The van der Waals surface area contributed by atoms with Crippen molar-refractivity contribution in [1.82, 2.24) is 0 Å². The van der Waals surface area contributed by atoms with Crippen LogP contribution in [0.5, 0.6) is 0 Å². The van der Waals surface area contributed by atoms with Gasteiger partial charge in [-0.2, -0.15) is 18.4 Å². The van der Waals surface area contributed by atoms with Gasteiger partial charge in [-0.1, -0.05) is 6.07 Å². The lowest BCUT2D eigenvalue weighted by molar-refractivity contribution is -0.138. The lowest BCUT2D eigenvalue weighted by atomic mass is 10.0. The van der Waals surface area contributed by atoms with E-state index in [1.165, 1.54) is 12.1 Å². The van der Waals surface area contributed by atoms with Gasteiger partial charge in [0, 0.05) is 6.54 Å². The van der Waals surface area contributed by atoms with Gasteiger partial charge in [-0.15, -0.1) is 12.4 Å². The van der Waals surface area contributed by atoms with E-state index in [1.54, 1.807) is 6.07 Å². The van der Waals surface area contributed by atoms with Crippen LogP contribution in [-0.4, -0.2) is 0 Å². The summed E-state index contributed by atoms with van der Waals surface area (Å²) in [6.07, 6.45) is -4.46. The molecule has 0 aliphatic rings. The van der Waals surface area contributed by atoms with Gasteiger partial charge in [-0.25, -0.2) is 0 Å². The summed E-state index contributed by atoms with van der Waals surface area (Å²) >= 11 is 0. The summed E-state index contributed by atoms with van der Waals surface area (Å²) in [5.41, 5.74) is 4.30. The van der Waals surface area contributed by atoms with Crippen LogP contribution in [0.3, 0.4) is 0 Å². The number of nitrogens with two attached hydrogens (primary N) is 1. The number of hydrogen-bond acceptors (Lipinski definition) is 2. The van der Waals surface area contributed by atoms with Crippen LogP contribution in [0, 0.1) is 11.3 Å². The van der Waals surface area contributed by atoms with E-state index in [0.717, 1.165) is 6.07 Å². The van der Waals surface area contributed by atoms with Crippen LogP contribution in [0.2, 0.25) is 0 Å². The summed E-state index contributed by atoms with van der Waals surface area (Å²) in [4.78, 5) is 0. The largest absolute Gasteiger partial charge is 0.416 e. The number of nitrogens with zero attached hydrogens (tertiary/aromatic N) is 1. The van der Waals surface area contributed by atoms with Gasteiger partial charge in [-0.05, 0) is 17.7 Å². The number of alkyl halides is 3. The molecule has 0 fully saturated rings. The highest BCUT2D eigenvalue weighted by atomic mass is 35.5. The molecule has 0 saturated heterocycles. The molecule has 0 aliphatic heterocycles. The van der Waals surface area contributed by atoms with Gasteiger partial charge in [0.05, 0.1) is 17.2 Å². The fourth-order valence-corrected chi connectivity index (χ4v) is 1.09. The van der Waals surface area contributed by atoms with Crippen molar-refractivity contribution in [2.24, 2.45) is 5.73 Å². The normalized spacial score (nSPS) is 10.3. The highest BCUT2D eigenvalue weighted by Gasteiger charge is 2.33. The summed E-state index contributed by atoms with van der Waals surface area (Å²) in [7, 11) is 0. The summed E-state index contributed by atoms with van der Waals surface area (Å²) < 4.78 is 37.2. The van der Waals surface area contributed by atoms with E-state index < -0.39 is 11.7 Å². The molecular weight excluding hydrogens is 229 g/mol. The lowest BCUT2D eigenvalue weighted by Crippen LogP contribution is -2.12. The SMILES string of the molecule is Cl.N#Cc1ccc(CN)c(C(F)(F)F)c1. The van der Waals surface area contributed by atoms with E-state index >= 15 is 0 Å². The van der Waals surface area contributed by atoms with E-state index in [1.807, 2.05) is 0 Å². The molecule has 0 spiro atoms. The predicted octanol–water partition coefficient (Wildman–Crippen LogP) is 2.46. The molecule has 1 aromatic rings. The fraction of sp³-hybridized carbons (Fsp3) is 0.222. The van der Waals surface area contributed by atoms with Crippen LogP contribution in [0.4, 0.5) is 13.2 Å². The van der Waals surface area contributed by atoms with Crippen LogP contribution in [0.15, 0.2) is 18.2 Å². The molecule has 2 nitrogen and oxygen atoms in total. The smallest absolute Gasteiger partial charge is 0.326 e. The molecule has 0 unspecified atom stereocenters. The molecule has 15 heavy (non-hydrogen) atoms. The monoisotopic (exact) mass is 236 g/mol. The van der Waals surface area contributed by atoms with Gasteiger partial charge in [0.15, 0.2) is 0 Å². The highest BCUT2D eigenvalue weighted by molar-refractivity contribution is 5.85. The van der Waals surface area contributed by atoms with Crippen LogP contribution in [0.1, 0.15) is 16.7 Å². The molecule has 0 atom stereocenters. The maximum atomic E-state index is 12.4. The molecule has 0 saturated carbocycles. The Hall–Kier alpha value is -1.25. The Kier molecular flexibility index (Phi) is 4.59. The average Bonchev–Trinajstić information content (AvgIpc) is 2.15. The van der Waals surface area contributed by atoms with Crippen LogP contribution in [-0.2, 0) is 12.7 Å². The van der Waals surface area contributed by atoms with Crippen LogP contribution >= 0.6 is 12.4 Å². The minimum atomic E-state index is -4.46. The molecule has 2 N–H and O–H groups in total. The summed E-state index contributed by atoms with van der Waals surface area (Å²) in [5, 5.41) is 8.44. The Morgan fingerprint density at radius 1 is 1.33 bits per heavy atom. The first-order valence-electron chi connectivity index (χ1n) is 3.79. The number of benzene rings is 1. The lowest BCUT2D eigenvalue weighted by Gasteiger charge is -2.11. The van der Waals surface area contributed by atoms with Gasteiger partial charge >= 0.3 is 6.18 Å². The zero-order valence-electron chi connectivity index (χ0n) is 7.51. The summed E-state index contributed by atoms with van der Waals surface area (Å²) in [5.74, 6) is 0. The van der Waals surface area contributed by atoms with Crippen molar-refractivity contribution >= 4 is 12.4 Å². The first-order chi connectivity index (χ1) is 6.49. The topological polar surface area (TPSA) is 49.8 Å². The Morgan fingerprint density at radius 3 is 2.33 bits per heavy atom. The fourth-order valence-electron chi connectivity index (χ4n) is 1.09. The minimum Gasteiger partial charge on any atom is -0.326 e. The first-order valence-corrected chi connectivity index (χ1v) is 3.79. The molecule has 0 aliphatic carbocycles. The van der Waals surface area contributed by atoms with Crippen molar-refractivity contribution in [2.75, 3.05) is 0 Å². The van der Waals surface area contributed by atoms with E-state index in [-0.39, 0.29) is 30.1 Å². The maximum absolute atomic E-state index is 12.4.